The van der Waals surface area contributed by atoms with Gasteiger partial charge in [0, 0.05) is 23.7 Å². The molecule has 0 aliphatic carbocycles. The fourth-order valence-corrected chi connectivity index (χ4v) is 2.24. The number of nitriles is 1. The average molecular weight is 252 g/mol. The smallest absolute Gasteiger partial charge is 0.189 e. The Kier molecular flexibility index (Phi) is 5.36. The van der Waals surface area contributed by atoms with Crippen LogP contribution in [0.2, 0.25) is 0 Å². The van der Waals surface area contributed by atoms with Crippen molar-refractivity contribution in [2.75, 3.05) is 18.8 Å². The van der Waals surface area contributed by atoms with Crippen LogP contribution in [0.4, 0.5) is 0 Å². The van der Waals surface area contributed by atoms with E-state index < -0.39 is 0 Å². The number of aromatic amines is 1. The maximum Gasteiger partial charge on any atom is 0.189 e. The number of nitrogens with one attached hydrogen (secondary N) is 2. The summed E-state index contributed by atoms with van der Waals surface area (Å²) in [6.07, 6.45) is 1.68. The van der Waals surface area contributed by atoms with Gasteiger partial charge in [-0.25, -0.2) is 4.98 Å². The standard InChI is InChI=1S/C10H16N6S/c1-8-9(15-7-14-8)6-17-5-4-16(3-2-11)10(12)13/h7H,3-6H2,1H3,(H3,12,13)(H,14,15). The molecular formula is C10H16N6S. The van der Waals surface area contributed by atoms with Crippen LogP contribution in [-0.4, -0.2) is 39.7 Å². The van der Waals surface area contributed by atoms with E-state index in [0.717, 1.165) is 22.9 Å². The topological polar surface area (TPSA) is 106 Å². The predicted molar refractivity (Wildman–Crippen MR) is 68.6 cm³/mol. The highest BCUT2D eigenvalue weighted by Gasteiger charge is 2.06. The number of nitrogens with two attached hydrogens (primary N) is 1. The molecular weight excluding hydrogens is 236 g/mol. The molecule has 17 heavy (non-hydrogen) atoms. The molecule has 0 radical (unpaired) electrons. The monoisotopic (exact) mass is 252 g/mol. The van der Waals surface area contributed by atoms with Gasteiger partial charge in [-0.05, 0) is 6.92 Å². The number of thioether (sulfide) groups is 1. The summed E-state index contributed by atoms with van der Waals surface area (Å²) in [5.74, 6) is 1.62. The van der Waals surface area contributed by atoms with Gasteiger partial charge in [-0.15, -0.1) is 0 Å². The van der Waals surface area contributed by atoms with Crippen LogP contribution < -0.4 is 5.73 Å². The van der Waals surface area contributed by atoms with E-state index in [0.29, 0.717) is 6.54 Å². The number of nitrogens with zero attached hydrogens (tertiary/aromatic N) is 3. The lowest BCUT2D eigenvalue weighted by atomic mass is 10.4. The first-order valence-electron chi connectivity index (χ1n) is 5.17. The van der Waals surface area contributed by atoms with E-state index in [2.05, 4.69) is 9.97 Å². The van der Waals surface area contributed by atoms with Gasteiger partial charge in [0.05, 0.1) is 18.1 Å². The Balaban J connectivity index is 2.26. The fraction of sp³-hybridized carbons (Fsp3) is 0.500. The third-order valence-corrected chi connectivity index (χ3v) is 3.25. The van der Waals surface area contributed by atoms with Crippen molar-refractivity contribution in [2.45, 2.75) is 12.7 Å². The molecule has 0 aliphatic heterocycles. The summed E-state index contributed by atoms with van der Waals surface area (Å²) in [4.78, 5) is 8.74. The van der Waals surface area contributed by atoms with Gasteiger partial charge in [-0.2, -0.15) is 17.0 Å². The summed E-state index contributed by atoms with van der Waals surface area (Å²) in [5, 5.41) is 15.9. The van der Waals surface area contributed by atoms with Gasteiger partial charge in [0.2, 0.25) is 0 Å². The van der Waals surface area contributed by atoms with Gasteiger partial charge in [0.15, 0.2) is 5.96 Å². The number of hydrogen-bond donors (Lipinski definition) is 3. The molecule has 4 N–H and O–H groups in total. The first kappa shape index (κ1) is 13.4. The molecule has 0 unspecified atom stereocenters. The SMILES string of the molecule is Cc1nc[nH]c1CSCCN(CC#N)C(=N)N. The molecule has 1 heterocycles. The van der Waals surface area contributed by atoms with Crippen LogP contribution in [0.25, 0.3) is 0 Å². The van der Waals surface area contributed by atoms with E-state index in [-0.39, 0.29) is 12.5 Å². The molecule has 0 fully saturated rings. The second-order valence-corrected chi connectivity index (χ2v) is 4.59. The van der Waals surface area contributed by atoms with Crippen LogP contribution in [0.15, 0.2) is 6.33 Å². The number of rotatable bonds is 6. The molecule has 0 aliphatic rings. The third-order valence-electron chi connectivity index (χ3n) is 2.29. The minimum atomic E-state index is -0.0510. The maximum absolute atomic E-state index is 8.56. The number of imidazole rings is 1. The Labute approximate surface area is 105 Å². The molecule has 1 aromatic rings. The van der Waals surface area contributed by atoms with Crippen molar-refractivity contribution in [2.24, 2.45) is 5.73 Å². The summed E-state index contributed by atoms with van der Waals surface area (Å²) < 4.78 is 0. The Morgan fingerprint density at radius 3 is 3.06 bits per heavy atom. The Bertz CT molecular complexity index is 407. The zero-order valence-electron chi connectivity index (χ0n) is 9.73. The van der Waals surface area contributed by atoms with E-state index in [1.165, 1.54) is 0 Å². The highest BCUT2D eigenvalue weighted by Crippen LogP contribution is 2.12. The lowest BCUT2D eigenvalue weighted by Crippen LogP contribution is -2.38. The van der Waals surface area contributed by atoms with Crippen LogP contribution in [0.5, 0.6) is 0 Å². The minimum absolute atomic E-state index is 0.0510. The van der Waals surface area contributed by atoms with E-state index in [4.69, 9.17) is 16.4 Å². The Morgan fingerprint density at radius 2 is 2.53 bits per heavy atom. The maximum atomic E-state index is 8.56. The van der Waals surface area contributed by atoms with Crippen LogP contribution >= 0.6 is 11.8 Å². The molecule has 0 atom stereocenters. The van der Waals surface area contributed by atoms with Gasteiger partial charge in [0.25, 0.3) is 0 Å². The molecule has 0 saturated heterocycles. The lowest BCUT2D eigenvalue weighted by Gasteiger charge is -2.18. The lowest BCUT2D eigenvalue weighted by molar-refractivity contribution is 0.488. The second-order valence-electron chi connectivity index (χ2n) is 3.48. The fourth-order valence-electron chi connectivity index (χ4n) is 1.25. The van der Waals surface area contributed by atoms with Gasteiger partial charge >= 0.3 is 0 Å². The van der Waals surface area contributed by atoms with E-state index in [9.17, 15) is 0 Å². The second kappa shape index (κ2) is 6.81. The number of aryl methyl sites for hydroxylation is 1. The quantitative estimate of drug-likeness (QED) is 0.299. The van der Waals surface area contributed by atoms with Gasteiger partial charge in [-0.1, -0.05) is 0 Å². The third kappa shape index (κ3) is 4.36. The number of H-pyrrole nitrogens is 1. The number of guanidine groups is 1. The summed E-state index contributed by atoms with van der Waals surface area (Å²) >= 11 is 1.72. The van der Waals surface area contributed by atoms with Crippen LogP contribution in [0.1, 0.15) is 11.4 Å². The van der Waals surface area contributed by atoms with Crippen LogP contribution in [0, 0.1) is 23.7 Å². The van der Waals surface area contributed by atoms with Crippen LogP contribution in [-0.2, 0) is 5.75 Å². The molecule has 0 amide bonds. The zero-order chi connectivity index (χ0) is 12.7. The molecule has 0 spiro atoms. The predicted octanol–water partition coefficient (Wildman–Crippen LogP) is 0.670. The summed E-state index contributed by atoms with van der Waals surface area (Å²) in [6.45, 7) is 2.74. The zero-order valence-corrected chi connectivity index (χ0v) is 10.5. The van der Waals surface area contributed by atoms with E-state index in [1.54, 1.807) is 23.0 Å². The number of aromatic nitrogens is 2. The Morgan fingerprint density at radius 1 is 1.76 bits per heavy atom. The van der Waals surface area contributed by atoms with Gasteiger partial charge < -0.3 is 15.6 Å². The molecule has 1 rings (SSSR count). The normalized spacial score (nSPS) is 9.88. The summed E-state index contributed by atoms with van der Waals surface area (Å²) in [6, 6.07) is 1.99. The minimum Gasteiger partial charge on any atom is -0.370 e. The van der Waals surface area contributed by atoms with E-state index >= 15 is 0 Å². The largest absolute Gasteiger partial charge is 0.370 e. The first-order valence-corrected chi connectivity index (χ1v) is 6.33. The van der Waals surface area contributed by atoms with Crippen molar-refractivity contribution < 1.29 is 0 Å². The van der Waals surface area contributed by atoms with Crippen molar-refractivity contribution in [3.8, 4) is 6.07 Å². The molecule has 1 aromatic heterocycles. The van der Waals surface area contributed by atoms with Crippen molar-refractivity contribution in [1.82, 2.24) is 14.9 Å². The number of hydrogen-bond acceptors (Lipinski definition) is 4. The van der Waals surface area contributed by atoms with Crippen molar-refractivity contribution in [3.63, 3.8) is 0 Å². The molecule has 6 nitrogen and oxygen atoms in total. The molecule has 92 valence electrons. The summed E-state index contributed by atoms with van der Waals surface area (Å²) in [5.41, 5.74) is 7.48. The summed E-state index contributed by atoms with van der Waals surface area (Å²) in [7, 11) is 0. The van der Waals surface area contributed by atoms with Crippen molar-refractivity contribution in [1.29, 1.82) is 10.7 Å². The highest BCUT2D eigenvalue weighted by atomic mass is 32.2. The van der Waals surface area contributed by atoms with Gasteiger partial charge in [0.1, 0.15) is 6.54 Å². The van der Waals surface area contributed by atoms with Crippen molar-refractivity contribution in [3.05, 3.63) is 17.7 Å². The van der Waals surface area contributed by atoms with E-state index in [1.807, 2.05) is 13.0 Å². The molecule has 7 heteroatoms. The van der Waals surface area contributed by atoms with Gasteiger partial charge in [-0.3, -0.25) is 5.41 Å². The molecule has 0 saturated carbocycles. The Hall–Kier alpha value is -1.68. The van der Waals surface area contributed by atoms with Crippen molar-refractivity contribution >= 4 is 17.7 Å². The highest BCUT2D eigenvalue weighted by molar-refractivity contribution is 7.98. The first-order chi connectivity index (χ1) is 8.15. The van der Waals surface area contributed by atoms with Crippen LogP contribution in [0.3, 0.4) is 0 Å². The molecule has 0 bridgehead atoms. The average Bonchev–Trinajstić information content (AvgIpc) is 2.68. The molecule has 0 aromatic carbocycles.